The molecule has 5 nitrogen and oxygen atoms in total. The average molecular weight is 275 g/mol. The number of nitrogens with one attached hydrogen (secondary N) is 1. The number of pyridine rings is 1. The van der Waals surface area contributed by atoms with Gasteiger partial charge in [-0.2, -0.15) is 0 Å². The van der Waals surface area contributed by atoms with Gasteiger partial charge in [0.15, 0.2) is 0 Å². The van der Waals surface area contributed by atoms with Crippen LogP contribution in [0.1, 0.15) is 5.69 Å². The SMILES string of the molecule is Cc1cn(-c2ccc3nc(-c4ccncc4)[nH]c3c2)cn1. The molecule has 1 N–H and O–H groups in total. The zero-order valence-electron chi connectivity index (χ0n) is 11.5. The van der Waals surface area contributed by atoms with Crippen LogP contribution in [0.25, 0.3) is 28.1 Å². The maximum Gasteiger partial charge on any atom is 0.138 e. The van der Waals surface area contributed by atoms with Crippen LogP contribution in [0, 0.1) is 6.92 Å². The van der Waals surface area contributed by atoms with Crippen LogP contribution in [0.4, 0.5) is 0 Å². The first-order valence-electron chi connectivity index (χ1n) is 6.71. The largest absolute Gasteiger partial charge is 0.338 e. The molecule has 4 rings (SSSR count). The zero-order valence-corrected chi connectivity index (χ0v) is 11.5. The van der Waals surface area contributed by atoms with Gasteiger partial charge in [-0.25, -0.2) is 9.97 Å². The minimum atomic E-state index is 0.853. The Morgan fingerprint density at radius 2 is 1.95 bits per heavy atom. The standard InChI is InChI=1S/C16H13N5/c1-11-9-21(10-18-11)13-2-3-14-15(8-13)20-16(19-14)12-4-6-17-7-5-12/h2-10H,1H3,(H,19,20). The Kier molecular flexibility index (Phi) is 2.57. The molecule has 4 aromatic rings. The van der Waals surface area contributed by atoms with Crippen LogP contribution in [0.5, 0.6) is 0 Å². The zero-order chi connectivity index (χ0) is 14.2. The maximum absolute atomic E-state index is 4.61. The monoisotopic (exact) mass is 275 g/mol. The third-order valence-corrected chi connectivity index (χ3v) is 3.43. The lowest BCUT2D eigenvalue weighted by Gasteiger charge is -2.00. The molecule has 0 amide bonds. The molecular formula is C16H13N5. The Morgan fingerprint density at radius 1 is 1.10 bits per heavy atom. The lowest BCUT2D eigenvalue weighted by Crippen LogP contribution is -1.89. The fourth-order valence-corrected chi connectivity index (χ4v) is 2.37. The van der Waals surface area contributed by atoms with Crippen molar-refractivity contribution >= 4 is 11.0 Å². The predicted molar refractivity (Wildman–Crippen MR) is 81.2 cm³/mol. The molecule has 0 saturated heterocycles. The molecular weight excluding hydrogens is 262 g/mol. The lowest BCUT2D eigenvalue weighted by atomic mass is 10.2. The van der Waals surface area contributed by atoms with Crippen molar-refractivity contribution in [2.45, 2.75) is 6.92 Å². The Bertz CT molecular complexity index is 905. The van der Waals surface area contributed by atoms with Crippen molar-refractivity contribution in [2.24, 2.45) is 0 Å². The van der Waals surface area contributed by atoms with Gasteiger partial charge < -0.3 is 9.55 Å². The maximum atomic E-state index is 4.61. The highest BCUT2D eigenvalue weighted by Gasteiger charge is 2.06. The summed E-state index contributed by atoms with van der Waals surface area (Å²) in [5, 5.41) is 0. The van der Waals surface area contributed by atoms with Gasteiger partial charge in [0.05, 0.1) is 23.1 Å². The van der Waals surface area contributed by atoms with E-state index >= 15 is 0 Å². The molecule has 0 aliphatic carbocycles. The number of aryl methyl sites for hydroxylation is 1. The first-order valence-corrected chi connectivity index (χ1v) is 6.71. The lowest BCUT2D eigenvalue weighted by molar-refractivity contribution is 1.06. The molecule has 0 unspecified atom stereocenters. The van der Waals surface area contributed by atoms with Gasteiger partial charge in [-0.1, -0.05) is 0 Å². The smallest absolute Gasteiger partial charge is 0.138 e. The van der Waals surface area contributed by atoms with Crippen molar-refractivity contribution in [3.05, 3.63) is 60.9 Å². The highest BCUT2D eigenvalue weighted by atomic mass is 15.0. The molecule has 0 aliphatic heterocycles. The van der Waals surface area contributed by atoms with E-state index in [0.29, 0.717) is 0 Å². The summed E-state index contributed by atoms with van der Waals surface area (Å²) < 4.78 is 2.00. The first-order chi connectivity index (χ1) is 10.3. The fraction of sp³-hybridized carbons (Fsp3) is 0.0625. The Balaban J connectivity index is 1.82. The van der Waals surface area contributed by atoms with Crippen molar-refractivity contribution in [2.75, 3.05) is 0 Å². The third kappa shape index (κ3) is 2.08. The number of hydrogen-bond acceptors (Lipinski definition) is 3. The van der Waals surface area contributed by atoms with Crippen LogP contribution in [0.2, 0.25) is 0 Å². The Hall–Kier alpha value is -2.95. The normalized spacial score (nSPS) is 11.1. The summed E-state index contributed by atoms with van der Waals surface area (Å²) in [7, 11) is 0. The number of hydrogen-bond donors (Lipinski definition) is 1. The number of H-pyrrole nitrogens is 1. The molecule has 0 aliphatic rings. The van der Waals surface area contributed by atoms with E-state index in [1.165, 1.54) is 0 Å². The second kappa shape index (κ2) is 4.56. The molecule has 5 heteroatoms. The van der Waals surface area contributed by atoms with E-state index < -0.39 is 0 Å². The van der Waals surface area contributed by atoms with Gasteiger partial charge in [-0.15, -0.1) is 0 Å². The number of imidazole rings is 2. The minimum absolute atomic E-state index is 0.853. The highest BCUT2D eigenvalue weighted by Crippen LogP contribution is 2.22. The summed E-state index contributed by atoms with van der Waals surface area (Å²) in [4.78, 5) is 16.3. The van der Waals surface area contributed by atoms with Crippen molar-refractivity contribution in [1.82, 2.24) is 24.5 Å². The summed E-state index contributed by atoms with van der Waals surface area (Å²) in [5.74, 6) is 0.853. The van der Waals surface area contributed by atoms with Crippen LogP contribution >= 0.6 is 0 Å². The van der Waals surface area contributed by atoms with Crippen LogP contribution in [-0.2, 0) is 0 Å². The molecule has 0 atom stereocenters. The number of nitrogens with zero attached hydrogens (tertiary/aromatic N) is 4. The van der Waals surface area contributed by atoms with E-state index in [-0.39, 0.29) is 0 Å². The number of rotatable bonds is 2. The van der Waals surface area contributed by atoms with Crippen LogP contribution in [-0.4, -0.2) is 24.5 Å². The summed E-state index contributed by atoms with van der Waals surface area (Å²) >= 11 is 0. The fourth-order valence-electron chi connectivity index (χ4n) is 2.37. The van der Waals surface area contributed by atoms with Crippen LogP contribution in [0.3, 0.4) is 0 Å². The third-order valence-electron chi connectivity index (χ3n) is 3.43. The Morgan fingerprint density at radius 3 is 2.71 bits per heavy atom. The van der Waals surface area contributed by atoms with Crippen molar-refractivity contribution < 1.29 is 0 Å². The average Bonchev–Trinajstić information content (AvgIpc) is 3.13. The molecule has 0 saturated carbocycles. The van der Waals surface area contributed by atoms with Gasteiger partial charge in [0.2, 0.25) is 0 Å². The quantitative estimate of drug-likeness (QED) is 0.611. The highest BCUT2D eigenvalue weighted by molar-refractivity contribution is 5.81. The number of benzene rings is 1. The van der Waals surface area contributed by atoms with E-state index in [4.69, 9.17) is 0 Å². The van der Waals surface area contributed by atoms with Gasteiger partial charge in [-0.05, 0) is 37.3 Å². The molecule has 0 bridgehead atoms. The summed E-state index contributed by atoms with van der Waals surface area (Å²) in [6.45, 7) is 1.98. The van der Waals surface area contributed by atoms with E-state index in [9.17, 15) is 0 Å². The summed E-state index contributed by atoms with van der Waals surface area (Å²) in [6.07, 6.45) is 7.35. The molecule has 3 aromatic heterocycles. The topological polar surface area (TPSA) is 59.4 Å². The van der Waals surface area contributed by atoms with Gasteiger partial charge >= 0.3 is 0 Å². The van der Waals surface area contributed by atoms with Crippen LogP contribution in [0.15, 0.2) is 55.2 Å². The van der Waals surface area contributed by atoms with Crippen molar-refractivity contribution in [1.29, 1.82) is 0 Å². The number of aromatic amines is 1. The van der Waals surface area contributed by atoms with Crippen molar-refractivity contribution in [3.63, 3.8) is 0 Å². The second-order valence-corrected chi connectivity index (χ2v) is 4.95. The van der Waals surface area contributed by atoms with E-state index in [1.807, 2.05) is 48.3 Å². The molecule has 21 heavy (non-hydrogen) atoms. The minimum Gasteiger partial charge on any atom is -0.338 e. The molecule has 102 valence electrons. The van der Waals surface area contributed by atoms with E-state index in [0.717, 1.165) is 33.8 Å². The number of aromatic nitrogens is 5. The van der Waals surface area contributed by atoms with Gasteiger partial charge in [0, 0.05) is 29.8 Å². The Labute approximate surface area is 121 Å². The van der Waals surface area contributed by atoms with Crippen LogP contribution < -0.4 is 0 Å². The molecule has 1 aromatic carbocycles. The number of fused-ring (bicyclic) bond motifs is 1. The van der Waals surface area contributed by atoms with E-state index in [2.05, 4.69) is 26.0 Å². The molecule has 0 radical (unpaired) electrons. The molecule has 3 heterocycles. The van der Waals surface area contributed by atoms with Crippen molar-refractivity contribution in [3.8, 4) is 17.1 Å². The summed E-state index contributed by atoms with van der Waals surface area (Å²) in [6, 6.07) is 10.0. The molecule has 0 fully saturated rings. The second-order valence-electron chi connectivity index (χ2n) is 4.95. The van der Waals surface area contributed by atoms with Gasteiger partial charge in [-0.3, -0.25) is 4.98 Å². The van der Waals surface area contributed by atoms with E-state index in [1.54, 1.807) is 12.4 Å². The first kappa shape index (κ1) is 11.8. The van der Waals surface area contributed by atoms with Gasteiger partial charge in [0.25, 0.3) is 0 Å². The predicted octanol–water partition coefficient (Wildman–Crippen LogP) is 3.12. The van der Waals surface area contributed by atoms with Gasteiger partial charge in [0.1, 0.15) is 5.82 Å². The molecule has 0 spiro atoms. The summed E-state index contributed by atoms with van der Waals surface area (Å²) in [5.41, 5.74) is 5.04.